The minimum absolute atomic E-state index is 0.00419. The van der Waals surface area contributed by atoms with Crippen LogP contribution < -0.4 is 15.5 Å². The van der Waals surface area contributed by atoms with Gasteiger partial charge in [-0.3, -0.25) is 14.4 Å². The summed E-state index contributed by atoms with van der Waals surface area (Å²) in [5.41, 5.74) is 2.88. The molecule has 3 aliphatic rings. The van der Waals surface area contributed by atoms with Crippen molar-refractivity contribution in [2.45, 2.75) is 19.3 Å². The van der Waals surface area contributed by atoms with E-state index in [-0.39, 0.29) is 23.6 Å². The van der Waals surface area contributed by atoms with Gasteiger partial charge in [-0.05, 0) is 43.2 Å². The zero-order chi connectivity index (χ0) is 24.2. The first kappa shape index (κ1) is 23.4. The van der Waals surface area contributed by atoms with Gasteiger partial charge in [0.1, 0.15) is 0 Å². The van der Waals surface area contributed by atoms with Crippen LogP contribution in [-0.4, -0.2) is 79.9 Å². The van der Waals surface area contributed by atoms with Gasteiger partial charge in [0, 0.05) is 69.4 Å². The molecular weight excluding hydrogens is 442 g/mol. The van der Waals surface area contributed by atoms with Gasteiger partial charge in [-0.25, -0.2) is 0 Å². The van der Waals surface area contributed by atoms with Crippen LogP contribution in [0.2, 0.25) is 0 Å². The van der Waals surface area contributed by atoms with Crippen LogP contribution in [0.25, 0.3) is 0 Å². The molecule has 3 fully saturated rings. The molecule has 1 saturated carbocycles. The van der Waals surface area contributed by atoms with Crippen molar-refractivity contribution in [3.8, 4) is 0 Å². The molecule has 2 aliphatic heterocycles. The maximum absolute atomic E-state index is 13.1. The van der Waals surface area contributed by atoms with Gasteiger partial charge in [0.05, 0.1) is 11.4 Å². The van der Waals surface area contributed by atoms with Crippen LogP contribution in [0.5, 0.6) is 0 Å². The van der Waals surface area contributed by atoms with Crippen LogP contribution in [0, 0.1) is 5.92 Å². The lowest BCUT2D eigenvalue weighted by atomic mass is 9.85. The zero-order valence-corrected chi connectivity index (χ0v) is 20.0. The Labute approximate surface area is 206 Å². The second-order valence-electron chi connectivity index (χ2n) is 9.54. The Morgan fingerprint density at radius 3 is 2.09 bits per heavy atom. The topological polar surface area (TPSA) is 85.0 Å². The number of benzene rings is 2. The van der Waals surface area contributed by atoms with Gasteiger partial charge in [0.25, 0.3) is 11.8 Å². The van der Waals surface area contributed by atoms with Crippen molar-refractivity contribution in [3.05, 3.63) is 59.7 Å². The van der Waals surface area contributed by atoms with Crippen molar-refractivity contribution in [1.82, 2.24) is 15.1 Å². The highest BCUT2D eigenvalue weighted by Gasteiger charge is 2.28. The number of nitrogens with one attached hydrogen (secondary N) is 2. The Kier molecular flexibility index (Phi) is 6.99. The Bertz CT molecular complexity index is 1070. The van der Waals surface area contributed by atoms with Crippen LogP contribution in [0.3, 0.4) is 0 Å². The van der Waals surface area contributed by atoms with Gasteiger partial charge in [-0.15, -0.1) is 0 Å². The largest absolute Gasteiger partial charge is 0.366 e. The molecule has 0 bridgehead atoms. The number of carbonyl (C=O) groups is 3. The second kappa shape index (κ2) is 10.5. The summed E-state index contributed by atoms with van der Waals surface area (Å²) < 4.78 is 0. The fraction of sp³-hybridized carbons (Fsp3) is 0.444. The molecule has 184 valence electrons. The van der Waals surface area contributed by atoms with Crippen LogP contribution in [0.4, 0.5) is 11.4 Å². The first-order chi connectivity index (χ1) is 17.1. The number of hydrogen-bond donors (Lipinski definition) is 2. The molecule has 2 saturated heterocycles. The van der Waals surface area contributed by atoms with E-state index in [2.05, 4.69) is 15.5 Å². The molecular formula is C27H33N5O3. The van der Waals surface area contributed by atoms with E-state index in [0.717, 1.165) is 38.0 Å². The fourth-order valence-corrected chi connectivity index (χ4v) is 4.91. The Balaban J connectivity index is 1.33. The molecule has 0 unspecified atom stereocenters. The van der Waals surface area contributed by atoms with Crippen LogP contribution in [0.15, 0.2) is 48.5 Å². The lowest BCUT2D eigenvalue weighted by molar-refractivity contribution is -0.122. The standard InChI is InChI=1S/C27H33N5O3/c33-25(20-7-4-8-20)29-23-19-22(27(35)31-13-11-28-12-14-31)9-10-24(23)30-15-17-32(18-16-30)26(34)21-5-2-1-3-6-21/h1-3,5-6,9-10,19-20,28H,4,7-8,11-18H2,(H,29,33). The maximum Gasteiger partial charge on any atom is 0.254 e. The third-order valence-corrected chi connectivity index (χ3v) is 7.31. The molecule has 3 amide bonds. The monoisotopic (exact) mass is 475 g/mol. The van der Waals surface area contributed by atoms with Crippen LogP contribution in [0.1, 0.15) is 40.0 Å². The molecule has 2 aromatic carbocycles. The van der Waals surface area contributed by atoms with Crippen molar-refractivity contribution in [1.29, 1.82) is 0 Å². The van der Waals surface area contributed by atoms with E-state index in [1.165, 1.54) is 0 Å². The van der Waals surface area contributed by atoms with Crippen molar-refractivity contribution in [2.75, 3.05) is 62.6 Å². The molecule has 35 heavy (non-hydrogen) atoms. The van der Waals surface area contributed by atoms with Crippen LogP contribution in [-0.2, 0) is 4.79 Å². The van der Waals surface area contributed by atoms with Gasteiger partial charge in [-0.1, -0.05) is 24.6 Å². The third kappa shape index (κ3) is 5.17. The van der Waals surface area contributed by atoms with E-state index in [9.17, 15) is 14.4 Å². The predicted molar refractivity (Wildman–Crippen MR) is 136 cm³/mol. The second-order valence-corrected chi connectivity index (χ2v) is 9.54. The van der Waals surface area contributed by atoms with Crippen molar-refractivity contribution < 1.29 is 14.4 Å². The molecule has 5 rings (SSSR count). The summed E-state index contributed by atoms with van der Waals surface area (Å²) in [6.45, 7) is 5.48. The summed E-state index contributed by atoms with van der Waals surface area (Å²) in [6, 6.07) is 15.0. The Morgan fingerprint density at radius 2 is 1.43 bits per heavy atom. The lowest BCUT2D eigenvalue weighted by Crippen LogP contribution is -2.49. The highest BCUT2D eigenvalue weighted by Crippen LogP contribution is 2.32. The zero-order valence-electron chi connectivity index (χ0n) is 20.0. The minimum Gasteiger partial charge on any atom is -0.366 e. The average molecular weight is 476 g/mol. The normalized spacial score (nSPS) is 18.7. The molecule has 8 nitrogen and oxygen atoms in total. The quantitative estimate of drug-likeness (QED) is 0.694. The molecule has 1 aliphatic carbocycles. The van der Waals surface area contributed by atoms with Crippen molar-refractivity contribution >= 4 is 29.1 Å². The lowest BCUT2D eigenvalue weighted by Gasteiger charge is -2.37. The molecule has 0 atom stereocenters. The third-order valence-electron chi connectivity index (χ3n) is 7.31. The first-order valence-electron chi connectivity index (χ1n) is 12.6. The summed E-state index contributed by atoms with van der Waals surface area (Å²) in [5.74, 6) is 0.120. The number of hydrogen-bond acceptors (Lipinski definition) is 5. The van der Waals surface area contributed by atoms with E-state index in [1.807, 2.05) is 58.3 Å². The smallest absolute Gasteiger partial charge is 0.254 e. The highest BCUT2D eigenvalue weighted by atomic mass is 16.2. The summed E-state index contributed by atoms with van der Waals surface area (Å²) in [6.07, 6.45) is 2.92. The molecule has 0 aromatic heterocycles. The van der Waals surface area contributed by atoms with E-state index < -0.39 is 0 Å². The molecule has 2 aromatic rings. The average Bonchev–Trinajstić information content (AvgIpc) is 2.88. The number of carbonyl (C=O) groups excluding carboxylic acids is 3. The first-order valence-corrected chi connectivity index (χ1v) is 12.6. The summed E-state index contributed by atoms with van der Waals surface area (Å²) in [5, 5.41) is 6.40. The number of piperazine rings is 2. The maximum atomic E-state index is 13.1. The molecule has 8 heteroatoms. The number of anilines is 2. The van der Waals surface area contributed by atoms with E-state index in [0.29, 0.717) is 56.1 Å². The molecule has 0 radical (unpaired) electrons. The fourth-order valence-electron chi connectivity index (χ4n) is 4.91. The summed E-state index contributed by atoms with van der Waals surface area (Å²) >= 11 is 0. The van der Waals surface area contributed by atoms with Gasteiger partial charge in [0.15, 0.2) is 0 Å². The highest BCUT2D eigenvalue weighted by molar-refractivity contribution is 6.01. The Hall–Kier alpha value is -3.39. The van der Waals surface area contributed by atoms with E-state index in [4.69, 9.17) is 0 Å². The number of rotatable bonds is 5. The number of amides is 3. The van der Waals surface area contributed by atoms with Gasteiger partial charge in [0.2, 0.25) is 5.91 Å². The van der Waals surface area contributed by atoms with E-state index >= 15 is 0 Å². The van der Waals surface area contributed by atoms with Crippen molar-refractivity contribution in [2.24, 2.45) is 5.92 Å². The SMILES string of the molecule is O=C(Nc1cc(C(=O)N2CCNCC2)ccc1N1CCN(C(=O)c2ccccc2)CC1)C1CCC1. The molecule has 0 spiro atoms. The van der Waals surface area contributed by atoms with Gasteiger partial charge < -0.3 is 25.3 Å². The summed E-state index contributed by atoms with van der Waals surface area (Å²) in [7, 11) is 0. The predicted octanol–water partition coefficient (Wildman–Crippen LogP) is 2.43. The summed E-state index contributed by atoms with van der Waals surface area (Å²) in [4.78, 5) is 44.7. The number of nitrogens with zero attached hydrogens (tertiary/aromatic N) is 3. The minimum atomic E-state index is -0.00419. The Morgan fingerprint density at radius 1 is 0.771 bits per heavy atom. The van der Waals surface area contributed by atoms with Crippen LogP contribution >= 0.6 is 0 Å². The van der Waals surface area contributed by atoms with E-state index in [1.54, 1.807) is 0 Å². The molecule has 2 heterocycles. The van der Waals surface area contributed by atoms with Crippen molar-refractivity contribution in [3.63, 3.8) is 0 Å². The van der Waals surface area contributed by atoms with Gasteiger partial charge >= 0.3 is 0 Å². The molecule has 2 N–H and O–H groups in total. The van der Waals surface area contributed by atoms with Gasteiger partial charge in [-0.2, -0.15) is 0 Å².